The van der Waals surface area contributed by atoms with E-state index in [0.29, 0.717) is 0 Å². The van der Waals surface area contributed by atoms with Crippen LogP contribution in [0.25, 0.3) is 0 Å². The van der Waals surface area contributed by atoms with Gasteiger partial charge in [0.15, 0.2) is 0 Å². The van der Waals surface area contributed by atoms with Gasteiger partial charge in [-0.25, -0.2) is 9.59 Å². The number of carboxylic acids is 1. The molecule has 1 aromatic rings. The van der Waals surface area contributed by atoms with Crippen LogP contribution in [-0.2, 0) is 22.1 Å². The summed E-state index contributed by atoms with van der Waals surface area (Å²) < 4.78 is 44.6. The third kappa shape index (κ3) is 4.89. The van der Waals surface area contributed by atoms with E-state index in [0.717, 1.165) is 11.0 Å². The molecule has 26 heavy (non-hydrogen) atoms. The number of alkyl halides is 3. The number of hydrogen-bond acceptors (Lipinski definition) is 3. The van der Waals surface area contributed by atoms with Gasteiger partial charge in [0.25, 0.3) is 0 Å². The highest BCUT2D eigenvalue weighted by molar-refractivity contribution is 5.81. The fourth-order valence-corrected chi connectivity index (χ4v) is 3.11. The molecule has 0 spiro atoms. The molecule has 5 nitrogen and oxygen atoms in total. The molecule has 8 heteroatoms. The zero-order valence-electron chi connectivity index (χ0n) is 14.8. The lowest BCUT2D eigenvalue weighted by Gasteiger charge is -2.26. The van der Waals surface area contributed by atoms with Crippen molar-refractivity contribution in [2.45, 2.75) is 51.4 Å². The van der Waals surface area contributed by atoms with E-state index in [-0.39, 0.29) is 24.9 Å². The molecule has 0 saturated carbocycles. The van der Waals surface area contributed by atoms with E-state index in [9.17, 15) is 27.9 Å². The van der Waals surface area contributed by atoms with Gasteiger partial charge in [0.2, 0.25) is 0 Å². The minimum Gasteiger partial charge on any atom is -0.480 e. The Balaban J connectivity index is 2.18. The maximum atomic E-state index is 13.1. The highest BCUT2D eigenvalue weighted by Gasteiger charge is 2.42. The van der Waals surface area contributed by atoms with Gasteiger partial charge in [-0.2, -0.15) is 13.2 Å². The lowest BCUT2D eigenvalue weighted by Crippen LogP contribution is -2.43. The number of ether oxygens (including phenoxy) is 1. The monoisotopic (exact) mass is 373 g/mol. The largest absolute Gasteiger partial charge is 0.480 e. The van der Waals surface area contributed by atoms with Crippen LogP contribution in [0.15, 0.2) is 24.3 Å². The van der Waals surface area contributed by atoms with Crippen LogP contribution in [0.3, 0.4) is 0 Å². The van der Waals surface area contributed by atoms with Crippen molar-refractivity contribution in [1.29, 1.82) is 0 Å². The van der Waals surface area contributed by atoms with Crippen LogP contribution < -0.4 is 0 Å². The van der Waals surface area contributed by atoms with Crippen molar-refractivity contribution in [2.75, 3.05) is 6.54 Å². The first-order chi connectivity index (χ1) is 11.9. The molecule has 0 bridgehead atoms. The smallest absolute Gasteiger partial charge is 0.416 e. The summed E-state index contributed by atoms with van der Waals surface area (Å²) in [4.78, 5) is 24.8. The van der Waals surface area contributed by atoms with Crippen LogP contribution in [0, 0.1) is 5.92 Å². The molecule has 0 aromatic heterocycles. The van der Waals surface area contributed by atoms with Crippen LogP contribution in [0.5, 0.6) is 0 Å². The minimum atomic E-state index is -4.48. The number of nitrogens with zero attached hydrogens (tertiary/aromatic N) is 1. The lowest BCUT2D eigenvalue weighted by atomic mass is 9.93. The summed E-state index contributed by atoms with van der Waals surface area (Å²) in [7, 11) is 0. The number of amides is 1. The van der Waals surface area contributed by atoms with Gasteiger partial charge in [-0.1, -0.05) is 18.2 Å². The number of carboxylic acid groups (broad SMARTS) is 1. The third-order valence-corrected chi connectivity index (χ3v) is 4.13. The van der Waals surface area contributed by atoms with Gasteiger partial charge in [-0.15, -0.1) is 0 Å². The minimum absolute atomic E-state index is 0.0398. The summed E-state index contributed by atoms with van der Waals surface area (Å²) >= 11 is 0. The van der Waals surface area contributed by atoms with E-state index in [1.54, 1.807) is 20.8 Å². The molecule has 1 amide bonds. The van der Waals surface area contributed by atoms with Crippen LogP contribution in [0.2, 0.25) is 0 Å². The van der Waals surface area contributed by atoms with Crippen molar-refractivity contribution in [2.24, 2.45) is 5.92 Å². The second-order valence-electron chi connectivity index (χ2n) is 7.45. The van der Waals surface area contributed by atoms with Gasteiger partial charge >= 0.3 is 18.2 Å². The fourth-order valence-electron chi connectivity index (χ4n) is 3.11. The Kier molecular flexibility index (Phi) is 5.53. The van der Waals surface area contributed by atoms with Crippen LogP contribution in [0.4, 0.5) is 18.0 Å². The predicted molar refractivity (Wildman–Crippen MR) is 87.6 cm³/mol. The maximum absolute atomic E-state index is 13.1. The first-order valence-corrected chi connectivity index (χ1v) is 8.26. The van der Waals surface area contributed by atoms with Crippen molar-refractivity contribution >= 4 is 12.1 Å². The van der Waals surface area contributed by atoms with Crippen molar-refractivity contribution in [3.05, 3.63) is 35.4 Å². The molecule has 0 radical (unpaired) electrons. The Morgan fingerprint density at radius 1 is 1.23 bits per heavy atom. The number of carbonyl (C=O) groups is 2. The van der Waals surface area contributed by atoms with Gasteiger partial charge in [-0.05, 0) is 51.2 Å². The second-order valence-corrected chi connectivity index (χ2v) is 7.45. The molecule has 1 N–H and O–H groups in total. The van der Waals surface area contributed by atoms with Gasteiger partial charge in [0.05, 0.1) is 5.56 Å². The Labute approximate surface area is 149 Å². The van der Waals surface area contributed by atoms with Crippen LogP contribution >= 0.6 is 0 Å². The molecule has 1 fully saturated rings. The molecule has 1 aromatic carbocycles. The fraction of sp³-hybridized carbons (Fsp3) is 0.556. The van der Waals surface area contributed by atoms with Crippen LogP contribution in [0.1, 0.15) is 38.3 Å². The number of likely N-dealkylation sites (tertiary alicyclic amines) is 1. The molecular formula is C18H22F3NO4. The van der Waals surface area contributed by atoms with Gasteiger partial charge < -0.3 is 9.84 Å². The maximum Gasteiger partial charge on any atom is 0.416 e. The Morgan fingerprint density at radius 3 is 2.38 bits per heavy atom. The average Bonchev–Trinajstić information content (AvgIpc) is 2.89. The second kappa shape index (κ2) is 7.17. The Bertz CT molecular complexity index is 682. The molecule has 2 rings (SSSR count). The normalized spacial score (nSPS) is 20.9. The zero-order chi connectivity index (χ0) is 19.7. The van der Waals surface area contributed by atoms with E-state index in [1.807, 2.05) is 0 Å². The summed E-state index contributed by atoms with van der Waals surface area (Å²) in [5.74, 6) is -1.59. The molecule has 2 atom stereocenters. The number of benzene rings is 1. The molecule has 1 saturated heterocycles. The van der Waals surface area contributed by atoms with E-state index < -0.39 is 41.4 Å². The van der Waals surface area contributed by atoms with E-state index in [1.165, 1.54) is 18.2 Å². The van der Waals surface area contributed by atoms with Crippen molar-refractivity contribution in [3.63, 3.8) is 0 Å². The standard InChI is InChI=1S/C18H22F3NO4/c1-17(2,3)26-16(25)22-10-11(9-14(22)15(23)24)8-12-6-4-5-7-13(12)18(19,20)21/h4-7,11,14H,8-10H2,1-3H3,(H,23,24)/t11-,14+/m1/s1. The van der Waals surface area contributed by atoms with Gasteiger partial charge in [0, 0.05) is 6.54 Å². The summed E-state index contributed by atoms with van der Waals surface area (Å²) in [5.41, 5.74) is -1.43. The third-order valence-electron chi connectivity index (χ3n) is 4.13. The zero-order valence-corrected chi connectivity index (χ0v) is 14.8. The first kappa shape index (κ1) is 20.1. The number of rotatable bonds is 3. The van der Waals surface area contributed by atoms with Gasteiger partial charge in [-0.3, -0.25) is 4.90 Å². The molecule has 1 heterocycles. The Morgan fingerprint density at radius 2 is 1.85 bits per heavy atom. The van der Waals surface area contributed by atoms with Gasteiger partial charge in [0.1, 0.15) is 11.6 Å². The SMILES string of the molecule is CC(C)(C)OC(=O)N1C[C@H](Cc2ccccc2C(F)(F)F)C[C@H]1C(=O)O. The molecule has 144 valence electrons. The lowest BCUT2D eigenvalue weighted by molar-refractivity contribution is -0.142. The summed E-state index contributed by atoms with van der Waals surface area (Å²) in [6.45, 7) is 5.02. The predicted octanol–water partition coefficient (Wildman–Crippen LogP) is 3.96. The summed E-state index contributed by atoms with van der Waals surface area (Å²) in [6.07, 6.45) is -5.12. The molecule has 1 aliphatic rings. The Hall–Kier alpha value is -2.25. The highest BCUT2D eigenvalue weighted by Crippen LogP contribution is 2.35. The quantitative estimate of drug-likeness (QED) is 0.871. The number of halogens is 3. The van der Waals surface area contributed by atoms with Crippen LogP contribution in [-0.4, -0.2) is 40.3 Å². The summed E-state index contributed by atoms with van der Waals surface area (Å²) in [6, 6.07) is 4.11. The summed E-state index contributed by atoms with van der Waals surface area (Å²) in [5, 5.41) is 9.37. The first-order valence-electron chi connectivity index (χ1n) is 8.26. The van der Waals surface area contributed by atoms with Crippen molar-refractivity contribution in [1.82, 2.24) is 4.90 Å². The molecule has 0 unspecified atom stereocenters. The van der Waals surface area contributed by atoms with Crippen molar-refractivity contribution in [3.8, 4) is 0 Å². The molecule has 1 aliphatic heterocycles. The average molecular weight is 373 g/mol. The van der Waals surface area contributed by atoms with E-state index in [4.69, 9.17) is 4.74 Å². The number of carbonyl (C=O) groups excluding carboxylic acids is 1. The molecule has 0 aliphatic carbocycles. The van der Waals surface area contributed by atoms with Crippen molar-refractivity contribution < 1.29 is 32.6 Å². The van der Waals surface area contributed by atoms with E-state index >= 15 is 0 Å². The number of aliphatic carboxylic acids is 1. The number of hydrogen-bond donors (Lipinski definition) is 1. The highest BCUT2D eigenvalue weighted by atomic mass is 19.4. The molecular weight excluding hydrogens is 351 g/mol. The van der Waals surface area contributed by atoms with E-state index in [2.05, 4.69) is 0 Å². The topological polar surface area (TPSA) is 66.8 Å².